The number of carbonyl (C=O) groups excluding carboxylic acids is 1. The van der Waals surface area contributed by atoms with Gasteiger partial charge in [0.05, 0.1) is 9.92 Å². The Balaban J connectivity index is 2.32. The molecular formula is C14H10ClF2NO3S. The Kier molecular flexibility index (Phi) is 4.48. The molecule has 0 spiro atoms. The zero-order valence-electron chi connectivity index (χ0n) is 11.2. The standard InChI is InChI=1S/C14H10ClF2NO3S/c1-22(20,21)13-6-8(2-4-10(13)15)14(19)18-9-3-5-11(16)12(17)7-9/h2-7H,1H3,(H,18,19). The third kappa shape index (κ3) is 3.61. The van der Waals surface area contributed by atoms with E-state index in [0.29, 0.717) is 0 Å². The first-order valence-electron chi connectivity index (χ1n) is 5.94. The highest BCUT2D eigenvalue weighted by molar-refractivity contribution is 7.90. The number of hydrogen-bond donors (Lipinski definition) is 1. The van der Waals surface area contributed by atoms with Crippen molar-refractivity contribution < 1.29 is 22.0 Å². The average molecular weight is 346 g/mol. The number of amides is 1. The summed E-state index contributed by atoms with van der Waals surface area (Å²) in [6.45, 7) is 0. The molecule has 0 aliphatic carbocycles. The molecule has 0 bridgehead atoms. The summed E-state index contributed by atoms with van der Waals surface area (Å²) in [5.74, 6) is -2.82. The number of benzene rings is 2. The topological polar surface area (TPSA) is 63.2 Å². The first-order valence-corrected chi connectivity index (χ1v) is 8.21. The van der Waals surface area contributed by atoms with Gasteiger partial charge in [-0.3, -0.25) is 4.79 Å². The minimum atomic E-state index is -3.60. The number of rotatable bonds is 3. The van der Waals surface area contributed by atoms with Crippen molar-refractivity contribution >= 4 is 33.0 Å². The zero-order chi connectivity index (χ0) is 16.5. The second-order valence-electron chi connectivity index (χ2n) is 4.50. The molecule has 8 heteroatoms. The number of anilines is 1. The summed E-state index contributed by atoms with van der Waals surface area (Å²) in [5.41, 5.74) is 0.0642. The zero-order valence-corrected chi connectivity index (χ0v) is 12.8. The molecule has 22 heavy (non-hydrogen) atoms. The molecule has 0 aliphatic heterocycles. The van der Waals surface area contributed by atoms with E-state index in [9.17, 15) is 22.0 Å². The SMILES string of the molecule is CS(=O)(=O)c1cc(C(=O)Nc2ccc(F)c(F)c2)ccc1Cl. The number of carbonyl (C=O) groups is 1. The van der Waals surface area contributed by atoms with Crippen LogP contribution in [-0.4, -0.2) is 20.6 Å². The maximum Gasteiger partial charge on any atom is 0.255 e. The molecule has 0 saturated heterocycles. The van der Waals surface area contributed by atoms with Crippen molar-refractivity contribution in [2.45, 2.75) is 4.90 Å². The summed E-state index contributed by atoms with van der Waals surface area (Å²) in [5, 5.41) is 2.33. The Labute approximate surface area is 130 Å². The smallest absolute Gasteiger partial charge is 0.255 e. The van der Waals surface area contributed by atoms with Crippen molar-refractivity contribution in [2.75, 3.05) is 11.6 Å². The lowest BCUT2D eigenvalue weighted by atomic mass is 10.2. The quantitative estimate of drug-likeness (QED) is 0.928. The highest BCUT2D eigenvalue weighted by Gasteiger charge is 2.16. The highest BCUT2D eigenvalue weighted by atomic mass is 35.5. The Morgan fingerprint density at radius 1 is 1.09 bits per heavy atom. The van der Waals surface area contributed by atoms with Gasteiger partial charge in [0, 0.05) is 23.6 Å². The number of nitrogens with one attached hydrogen (secondary N) is 1. The lowest BCUT2D eigenvalue weighted by Crippen LogP contribution is -2.13. The van der Waals surface area contributed by atoms with E-state index in [-0.39, 0.29) is 21.2 Å². The van der Waals surface area contributed by atoms with E-state index >= 15 is 0 Å². The molecule has 0 unspecified atom stereocenters. The van der Waals surface area contributed by atoms with Gasteiger partial charge in [-0.25, -0.2) is 17.2 Å². The van der Waals surface area contributed by atoms with Gasteiger partial charge in [-0.1, -0.05) is 11.6 Å². The molecule has 0 atom stereocenters. The van der Waals surface area contributed by atoms with Crippen molar-refractivity contribution in [3.8, 4) is 0 Å². The van der Waals surface area contributed by atoms with Gasteiger partial charge in [-0.05, 0) is 30.3 Å². The third-order valence-electron chi connectivity index (χ3n) is 2.77. The van der Waals surface area contributed by atoms with Gasteiger partial charge < -0.3 is 5.32 Å². The van der Waals surface area contributed by atoms with Crippen LogP contribution in [-0.2, 0) is 9.84 Å². The first kappa shape index (κ1) is 16.4. The number of halogens is 3. The van der Waals surface area contributed by atoms with Gasteiger partial charge in [0.15, 0.2) is 21.5 Å². The monoisotopic (exact) mass is 345 g/mol. The van der Waals surface area contributed by atoms with E-state index in [1.807, 2.05) is 0 Å². The van der Waals surface area contributed by atoms with Crippen LogP contribution in [0.15, 0.2) is 41.3 Å². The summed E-state index contributed by atoms with van der Waals surface area (Å²) in [4.78, 5) is 11.8. The minimum Gasteiger partial charge on any atom is -0.322 e. The predicted octanol–water partition coefficient (Wildman–Crippen LogP) is 3.27. The molecule has 1 amide bonds. The lowest BCUT2D eigenvalue weighted by Gasteiger charge is -2.08. The van der Waals surface area contributed by atoms with Gasteiger partial charge in [-0.15, -0.1) is 0 Å². The Morgan fingerprint density at radius 2 is 1.77 bits per heavy atom. The van der Waals surface area contributed by atoms with E-state index in [1.165, 1.54) is 18.2 Å². The average Bonchev–Trinajstić information content (AvgIpc) is 2.42. The Morgan fingerprint density at radius 3 is 2.36 bits per heavy atom. The fraction of sp³-hybridized carbons (Fsp3) is 0.0714. The van der Waals surface area contributed by atoms with Crippen LogP contribution in [0.4, 0.5) is 14.5 Å². The molecule has 0 heterocycles. The van der Waals surface area contributed by atoms with Crippen molar-refractivity contribution in [3.05, 3.63) is 58.6 Å². The molecule has 116 valence electrons. The molecule has 2 aromatic rings. The fourth-order valence-electron chi connectivity index (χ4n) is 1.71. The van der Waals surface area contributed by atoms with Crippen LogP contribution >= 0.6 is 11.6 Å². The van der Waals surface area contributed by atoms with Gasteiger partial charge in [0.1, 0.15) is 0 Å². The molecule has 4 nitrogen and oxygen atoms in total. The third-order valence-corrected chi connectivity index (χ3v) is 4.35. The Hall–Kier alpha value is -1.99. The van der Waals surface area contributed by atoms with Crippen LogP contribution < -0.4 is 5.32 Å². The summed E-state index contributed by atoms with van der Waals surface area (Å²) in [6.07, 6.45) is 0.964. The molecule has 0 saturated carbocycles. The van der Waals surface area contributed by atoms with Crippen molar-refractivity contribution in [1.29, 1.82) is 0 Å². The lowest BCUT2D eigenvalue weighted by molar-refractivity contribution is 0.102. The van der Waals surface area contributed by atoms with Crippen LogP contribution in [0.25, 0.3) is 0 Å². The summed E-state index contributed by atoms with van der Waals surface area (Å²) in [7, 11) is -3.60. The number of hydrogen-bond acceptors (Lipinski definition) is 3. The fourth-order valence-corrected chi connectivity index (χ4v) is 3.01. The van der Waals surface area contributed by atoms with Crippen LogP contribution in [0.3, 0.4) is 0 Å². The minimum absolute atomic E-state index is 0.00752. The molecule has 1 N–H and O–H groups in total. The highest BCUT2D eigenvalue weighted by Crippen LogP contribution is 2.23. The van der Waals surface area contributed by atoms with Gasteiger partial charge in [0.25, 0.3) is 5.91 Å². The maximum atomic E-state index is 13.1. The first-order chi connectivity index (χ1) is 10.2. The van der Waals surface area contributed by atoms with Gasteiger partial charge in [0.2, 0.25) is 0 Å². The molecule has 2 aromatic carbocycles. The maximum absolute atomic E-state index is 13.1. The largest absolute Gasteiger partial charge is 0.322 e. The molecule has 0 radical (unpaired) electrons. The van der Waals surface area contributed by atoms with E-state index in [2.05, 4.69) is 5.32 Å². The van der Waals surface area contributed by atoms with Gasteiger partial charge in [-0.2, -0.15) is 0 Å². The van der Waals surface area contributed by atoms with E-state index in [1.54, 1.807) is 0 Å². The predicted molar refractivity (Wildman–Crippen MR) is 78.9 cm³/mol. The number of sulfone groups is 1. The van der Waals surface area contributed by atoms with Crippen molar-refractivity contribution in [1.82, 2.24) is 0 Å². The van der Waals surface area contributed by atoms with Crippen LogP contribution in [0.5, 0.6) is 0 Å². The van der Waals surface area contributed by atoms with Crippen LogP contribution in [0.2, 0.25) is 5.02 Å². The summed E-state index contributed by atoms with van der Waals surface area (Å²) in [6, 6.07) is 6.59. The molecule has 0 fully saturated rings. The van der Waals surface area contributed by atoms with Crippen LogP contribution in [0.1, 0.15) is 10.4 Å². The van der Waals surface area contributed by atoms with Crippen molar-refractivity contribution in [2.24, 2.45) is 0 Å². The molecular weight excluding hydrogens is 336 g/mol. The summed E-state index contributed by atoms with van der Waals surface area (Å²) >= 11 is 5.78. The molecule has 2 rings (SSSR count). The molecule has 0 aliphatic rings. The second-order valence-corrected chi connectivity index (χ2v) is 6.89. The van der Waals surface area contributed by atoms with E-state index in [4.69, 9.17) is 11.6 Å². The van der Waals surface area contributed by atoms with E-state index < -0.39 is 27.4 Å². The van der Waals surface area contributed by atoms with Crippen LogP contribution in [0, 0.1) is 11.6 Å². The molecule has 0 aromatic heterocycles. The van der Waals surface area contributed by atoms with E-state index in [0.717, 1.165) is 24.5 Å². The van der Waals surface area contributed by atoms with Gasteiger partial charge >= 0.3 is 0 Å². The van der Waals surface area contributed by atoms with Crippen molar-refractivity contribution in [3.63, 3.8) is 0 Å². The normalized spacial score (nSPS) is 11.3. The summed E-state index contributed by atoms with van der Waals surface area (Å²) < 4.78 is 49.0. The second kappa shape index (κ2) is 6.02. The Bertz CT molecular complexity index is 853.